The van der Waals surface area contributed by atoms with Gasteiger partial charge < -0.3 is 15.2 Å². The van der Waals surface area contributed by atoms with E-state index in [-0.39, 0.29) is 12.3 Å². The number of Topliss-reactive ketones (excluding diaryl/α,β-unsaturated/α-hetero) is 1. The van der Waals surface area contributed by atoms with Gasteiger partial charge in [-0.2, -0.15) is 0 Å². The van der Waals surface area contributed by atoms with Gasteiger partial charge in [-0.25, -0.2) is 0 Å². The number of hydrogen-bond acceptors (Lipinski definition) is 4. The van der Waals surface area contributed by atoms with Crippen molar-refractivity contribution < 1.29 is 14.3 Å². The maximum absolute atomic E-state index is 10.8. The van der Waals surface area contributed by atoms with Gasteiger partial charge in [-0.1, -0.05) is 0 Å². The monoisotopic (exact) mass is 145 g/mol. The van der Waals surface area contributed by atoms with E-state index in [2.05, 4.69) is 0 Å². The van der Waals surface area contributed by atoms with E-state index in [1.807, 2.05) is 0 Å². The van der Waals surface area contributed by atoms with Crippen molar-refractivity contribution in [3.8, 4) is 0 Å². The van der Waals surface area contributed by atoms with Crippen molar-refractivity contribution in [2.45, 2.75) is 6.10 Å². The third kappa shape index (κ3) is 1.76. The fourth-order valence-corrected chi connectivity index (χ4v) is 0.805. The second-order valence-corrected chi connectivity index (χ2v) is 2.10. The van der Waals surface area contributed by atoms with E-state index in [1.54, 1.807) is 0 Å². The van der Waals surface area contributed by atoms with Crippen molar-refractivity contribution in [3.05, 3.63) is 0 Å². The third-order valence-corrected chi connectivity index (χ3v) is 1.38. The molecule has 2 N–H and O–H groups in total. The van der Waals surface area contributed by atoms with E-state index in [1.165, 1.54) is 0 Å². The highest BCUT2D eigenvalue weighted by molar-refractivity contribution is 5.84. The first kappa shape index (κ1) is 7.65. The Labute approximate surface area is 59.3 Å². The SMILES string of the molecule is NCC(=O)C1COCCO1. The van der Waals surface area contributed by atoms with Crippen molar-refractivity contribution in [1.82, 2.24) is 0 Å². The van der Waals surface area contributed by atoms with Crippen LogP contribution in [0.2, 0.25) is 0 Å². The fourth-order valence-electron chi connectivity index (χ4n) is 0.805. The van der Waals surface area contributed by atoms with Gasteiger partial charge in [-0.3, -0.25) is 4.79 Å². The number of carbonyl (C=O) groups is 1. The molecule has 0 bridgehead atoms. The molecule has 0 aromatic rings. The number of ketones is 1. The van der Waals surface area contributed by atoms with Gasteiger partial charge in [0.25, 0.3) is 0 Å². The molecule has 0 radical (unpaired) electrons. The predicted molar refractivity (Wildman–Crippen MR) is 34.6 cm³/mol. The molecule has 0 aliphatic carbocycles. The van der Waals surface area contributed by atoms with E-state index in [9.17, 15) is 4.79 Å². The molecular weight excluding hydrogens is 134 g/mol. The van der Waals surface area contributed by atoms with E-state index in [4.69, 9.17) is 15.2 Å². The fraction of sp³-hybridized carbons (Fsp3) is 0.833. The molecule has 1 heterocycles. The zero-order valence-electron chi connectivity index (χ0n) is 5.71. The maximum Gasteiger partial charge on any atom is 0.177 e. The van der Waals surface area contributed by atoms with E-state index in [0.717, 1.165) is 0 Å². The van der Waals surface area contributed by atoms with Crippen LogP contribution in [0.25, 0.3) is 0 Å². The maximum atomic E-state index is 10.8. The second kappa shape index (κ2) is 3.65. The summed E-state index contributed by atoms with van der Waals surface area (Å²) in [5.74, 6) is -0.0836. The van der Waals surface area contributed by atoms with Gasteiger partial charge in [-0.05, 0) is 0 Å². The summed E-state index contributed by atoms with van der Waals surface area (Å²) < 4.78 is 10.1. The zero-order valence-corrected chi connectivity index (χ0v) is 5.71. The van der Waals surface area contributed by atoms with E-state index < -0.39 is 6.10 Å². The predicted octanol–water partition coefficient (Wildman–Crippen LogP) is -1.07. The van der Waals surface area contributed by atoms with Gasteiger partial charge in [0.15, 0.2) is 5.78 Å². The lowest BCUT2D eigenvalue weighted by Gasteiger charge is -2.20. The Morgan fingerprint density at radius 1 is 1.60 bits per heavy atom. The van der Waals surface area contributed by atoms with Crippen LogP contribution in [0, 0.1) is 0 Å². The van der Waals surface area contributed by atoms with Gasteiger partial charge in [0, 0.05) is 0 Å². The third-order valence-electron chi connectivity index (χ3n) is 1.38. The van der Waals surface area contributed by atoms with Crippen LogP contribution in [0.15, 0.2) is 0 Å². The Hall–Kier alpha value is -0.450. The van der Waals surface area contributed by atoms with Crippen molar-refractivity contribution in [3.63, 3.8) is 0 Å². The van der Waals surface area contributed by atoms with Crippen molar-refractivity contribution in [1.29, 1.82) is 0 Å². The first-order valence-electron chi connectivity index (χ1n) is 3.26. The Bertz CT molecular complexity index is 120. The van der Waals surface area contributed by atoms with Crippen LogP contribution in [-0.2, 0) is 14.3 Å². The molecule has 1 aliphatic heterocycles. The smallest absolute Gasteiger partial charge is 0.177 e. The number of hydrogen-bond donors (Lipinski definition) is 1. The first-order chi connectivity index (χ1) is 4.84. The zero-order chi connectivity index (χ0) is 7.40. The summed E-state index contributed by atoms with van der Waals surface area (Å²) in [6.07, 6.45) is -0.418. The highest BCUT2D eigenvalue weighted by atomic mass is 16.6. The molecule has 1 atom stereocenters. The molecule has 1 unspecified atom stereocenters. The van der Waals surface area contributed by atoms with Gasteiger partial charge >= 0.3 is 0 Å². The Kier molecular flexibility index (Phi) is 2.80. The molecule has 0 aromatic carbocycles. The van der Waals surface area contributed by atoms with Crippen LogP contribution in [0.1, 0.15) is 0 Å². The van der Waals surface area contributed by atoms with Gasteiger partial charge in [0.1, 0.15) is 6.10 Å². The minimum atomic E-state index is -0.418. The molecule has 1 rings (SSSR count). The van der Waals surface area contributed by atoms with Crippen LogP contribution >= 0.6 is 0 Å². The molecule has 10 heavy (non-hydrogen) atoms. The summed E-state index contributed by atoms with van der Waals surface area (Å²) in [5.41, 5.74) is 5.12. The van der Waals surface area contributed by atoms with Gasteiger partial charge in [-0.15, -0.1) is 0 Å². The lowest BCUT2D eigenvalue weighted by atomic mass is 10.2. The highest BCUT2D eigenvalue weighted by Crippen LogP contribution is 2.00. The summed E-state index contributed by atoms with van der Waals surface area (Å²) in [7, 11) is 0. The Balaban J connectivity index is 2.31. The molecule has 0 saturated carbocycles. The first-order valence-corrected chi connectivity index (χ1v) is 3.26. The van der Waals surface area contributed by atoms with Crippen molar-refractivity contribution in [2.75, 3.05) is 26.4 Å². The molecule has 4 heteroatoms. The average molecular weight is 145 g/mol. The number of nitrogens with two attached hydrogens (primary N) is 1. The largest absolute Gasteiger partial charge is 0.376 e. The quantitative estimate of drug-likeness (QED) is 0.537. The summed E-state index contributed by atoms with van der Waals surface area (Å²) in [5, 5.41) is 0. The van der Waals surface area contributed by atoms with Crippen LogP contribution in [0.4, 0.5) is 0 Å². The van der Waals surface area contributed by atoms with Crippen LogP contribution in [0.3, 0.4) is 0 Å². The topological polar surface area (TPSA) is 61.6 Å². The average Bonchev–Trinajstić information content (AvgIpc) is 2.05. The Morgan fingerprint density at radius 3 is 2.90 bits per heavy atom. The molecule has 0 aromatic heterocycles. The van der Waals surface area contributed by atoms with Gasteiger partial charge in [0.2, 0.25) is 0 Å². The van der Waals surface area contributed by atoms with Crippen molar-refractivity contribution in [2.24, 2.45) is 5.73 Å². The number of rotatable bonds is 2. The standard InChI is InChI=1S/C6H11NO3/c7-3-5(8)6-4-9-1-2-10-6/h6H,1-4,7H2. The minimum Gasteiger partial charge on any atom is -0.376 e. The summed E-state index contributed by atoms with van der Waals surface area (Å²) >= 11 is 0. The van der Waals surface area contributed by atoms with E-state index in [0.29, 0.717) is 19.8 Å². The minimum absolute atomic E-state index is 0.0357. The second-order valence-electron chi connectivity index (χ2n) is 2.10. The molecule has 0 spiro atoms. The molecular formula is C6H11NO3. The van der Waals surface area contributed by atoms with E-state index >= 15 is 0 Å². The Morgan fingerprint density at radius 2 is 2.40 bits per heavy atom. The molecule has 4 nitrogen and oxygen atoms in total. The molecule has 0 amide bonds. The lowest BCUT2D eigenvalue weighted by molar-refractivity contribution is -0.143. The van der Waals surface area contributed by atoms with Gasteiger partial charge in [0.05, 0.1) is 26.4 Å². The molecule has 1 fully saturated rings. The lowest BCUT2D eigenvalue weighted by Crippen LogP contribution is -2.38. The van der Waals surface area contributed by atoms with Crippen LogP contribution in [0.5, 0.6) is 0 Å². The van der Waals surface area contributed by atoms with Crippen LogP contribution in [-0.4, -0.2) is 38.3 Å². The molecule has 1 saturated heterocycles. The molecule has 58 valence electrons. The summed E-state index contributed by atoms with van der Waals surface area (Å²) in [6, 6.07) is 0. The van der Waals surface area contributed by atoms with Crippen molar-refractivity contribution >= 4 is 5.78 Å². The highest BCUT2D eigenvalue weighted by Gasteiger charge is 2.20. The van der Waals surface area contributed by atoms with Crippen LogP contribution < -0.4 is 5.73 Å². The number of ether oxygens (including phenoxy) is 2. The normalized spacial score (nSPS) is 26.3. The number of carbonyl (C=O) groups excluding carboxylic acids is 1. The summed E-state index contributed by atoms with van der Waals surface area (Å²) in [6.45, 7) is 1.47. The molecule has 1 aliphatic rings. The summed E-state index contributed by atoms with van der Waals surface area (Å²) in [4.78, 5) is 10.8.